The average Bonchev–Trinajstić information content (AvgIpc) is 2.15. The highest BCUT2D eigenvalue weighted by Crippen LogP contribution is 2.23. The van der Waals surface area contributed by atoms with E-state index in [0.29, 0.717) is 19.3 Å². The first-order valence-corrected chi connectivity index (χ1v) is 5.96. The van der Waals surface area contributed by atoms with E-state index in [0.717, 1.165) is 0 Å². The molecule has 1 N–H and O–H groups in total. The van der Waals surface area contributed by atoms with Gasteiger partial charge in [-0.2, -0.15) is 0 Å². The molecule has 2 atom stereocenters. The second-order valence-electron chi connectivity index (χ2n) is 5.38. The van der Waals surface area contributed by atoms with Gasteiger partial charge in [-0.15, -0.1) is 6.58 Å². The van der Waals surface area contributed by atoms with Crippen molar-refractivity contribution in [3.05, 3.63) is 12.7 Å². The minimum absolute atomic E-state index is 0.00309. The zero-order chi connectivity index (χ0) is 13.1. The number of hydrogen-bond acceptors (Lipinski definition) is 3. The summed E-state index contributed by atoms with van der Waals surface area (Å²) in [6, 6.07) is -0.177. The summed E-state index contributed by atoms with van der Waals surface area (Å²) < 4.78 is 5.36. The molecular weight excluding hydrogens is 218 g/mol. The average molecular weight is 239 g/mol. The maximum absolute atomic E-state index is 12.0. The fourth-order valence-corrected chi connectivity index (χ4v) is 1.93. The Morgan fingerprint density at radius 3 is 2.76 bits per heavy atom. The van der Waals surface area contributed by atoms with Gasteiger partial charge in [-0.05, 0) is 33.6 Å². The number of rotatable bonds is 3. The first-order chi connectivity index (χ1) is 7.83. The fraction of sp³-hybridized carbons (Fsp3) is 0.692. The molecule has 0 aromatic carbocycles. The van der Waals surface area contributed by atoms with Crippen LogP contribution < -0.4 is 5.32 Å². The van der Waals surface area contributed by atoms with Crippen LogP contribution in [0.15, 0.2) is 12.7 Å². The molecule has 4 nitrogen and oxygen atoms in total. The molecule has 0 spiro atoms. The number of carbonyl (C=O) groups is 2. The van der Waals surface area contributed by atoms with Gasteiger partial charge in [-0.1, -0.05) is 6.08 Å². The summed E-state index contributed by atoms with van der Waals surface area (Å²) in [5.41, 5.74) is -0.489. The van der Waals surface area contributed by atoms with Gasteiger partial charge in [0.25, 0.3) is 0 Å². The van der Waals surface area contributed by atoms with Crippen molar-refractivity contribution in [2.45, 2.75) is 51.7 Å². The number of piperidine rings is 1. The predicted octanol–water partition coefficient (Wildman–Crippen LogP) is 1.80. The van der Waals surface area contributed by atoms with E-state index in [1.807, 2.05) is 20.8 Å². The van der Waals surface area contributed by atoms with Crippen LogP contribution in [0, 0.1) is 5.92 Å². The lowest BCUT2D eigenvalue weighted by Gasteiger charge is -2.32. The molecule has 1 amide bonds. The van der Waals surface area contributed by atoms with Gasteiger partial charge in [0.15, 0.2) is 0 Å². The summed E-state index contributed by atoms with van der Waals surface area (Å²) in [5, 5.41) is 2.82. The molecule has 1 saturated heterocycles. The van der Waals surface area contributed by atoms with Crippen LogP contribution in [-0.4, -0.2) is 23.5 Å². The molecule has 0 saturated carbocycles. The van der Waals surface area contributed by atoms with E-state index >= 15 is 0 Å². The third kappa shape index (κ3) is 4.21. The van der Waals surface area contributed by atoms with Crippen molar-refractivity contribution in [2.75, 3.05) is 0 Å². The maximum atomic E-state index is 12.0. The van der Waals surface area contributed by atoms with E-state index in [9.17, 15) is 9.59 Å². The van der Waals surface area contributed by atoms with Crippen LogP contribution in [0.1, 0.15) is 40.0 Å². The predicted molar refractivity (Wildman–Crippen MR) is 65.3 cm³/mol. The number of ether oxygens (including phenoxy) is 1. The van der Waals surface area contributed by atoms with E-state index in [4.69, 9.17) is 4.74 Å². The number of nitrogens with one attached hydrogen (secondary N) is 1. The SMILES string of the molecule is C=CCC1NC(=O)CCC1C(=O)OC(C)(C)C. The highest BCUT2D eigenvalue weighted by molar-refractivity contribution is 5.82. The van der Waals surface area contributed by atoms with Gasteiger partial charge in [0, 0.05) is 12.5 Å². The third-order valence-corrected chi connectivity index (χ3v) is 2.64. The van der Waals surface area contributed by atoms with Crippen molar-refractivity contribution in [3.8, 4) is 0 Å². The highest BCUT2D eigenvalue weighted by atomic mass is 16.6. The molecule has 0 aromatic rings. The van der Waals surface area contributed by atoms with E-state index in [1.54, 1.807) is 6.08 Å². The van der Waals surface area contributed by atoms with E-state index in [1.165, 1.54) is 0 Å². The van der Waals surface area contributed by atoms with Crippen LogP contribution >= 0.6 is 0 Å². The Labute approximate surface area is 102 Å². The molecule has 2 unspecified atom stereocenters. The Balaban J connectivity index is 2.69. The fourth-order valence-electron chi connectivity index (χ4n) is 1.93. The van der Waals surface area contributed by atoms with Gasteiger partial charge >= 0.3 is 5.97 Å². The molecular formula is C13H21NO3. The normalized spacial score (nSPS) is 25.0. The summed E-state index contributed by atoms with van der Waals surface area (Å²) in [4.78, 5) is 23.3. The summed E-state index contributed by atoms with van der Waals surface area (Å²) in [7, 11) is 0. The molecule has 1 fully saturated rings. The minimum Gasteiger partial charge on any atom is -0.460 e. The standard InChI is InChI=1S/C13H21NO3/c1-5-6-10-9(7-8-11(15)14-10)12(16)17-13(2,3)4/h5,9-10H,1,6-8H2,2-4H3,(H,14,15). The monoisotopic (exact) mass is 239 g/mol. The molecule has 1 heterocycles. The van der Waals surface area contributed by atoms with Crippen molar-refractivity contribution < 1.29 is 14.3 Å². The molecule has 0 bridgehead atoms. The second kappa shape index (κ2) is 5.34. The van der Waals surface area contributed by atoms with Gasteiger partial charge in [-0.3, -0.25) is 9.59 Å². The quantitative estimate of drug-likeness (QED) is 0.603. The Hall–Kier alpha value is -1.32. The number of esters is 1. The van der Waals surface area contributed by atoms with Gasteiger partial charge in [0.05, 0.1) is 5.92 Å². The van der Waals surface area contributed by atoms with Crippen molar-refractivity contribution in [1.29, 1.82) is 0 Å². The lowest BCUT2D eigenvalue weighted by molar-refractivity contribution is -0.162. The molecule has 4 heteroatoms. The molecule has 0 radical (unpaired) electrons. The lowest BCUT2D eigenvalue weighted by atomic mass is 9.88. The Morgan fingerprint density at radius 2 is 2.24 bits per heavy atom. The molecule has 0 aromatic heterocycles. The van der Waals surface area contributed by atoms with Gasteiger partial charge < -0.3 is 10.1 Å². The van der Waals surface area contributed by atoms with Gasteiger partial charge in [-0.25, -0.2) is 0 Å². The third-order valence-electron chi connectivity index (χ3n) is 2.64. The summed E-state index contributed by atoms with van der Waals surface area (Å²) >= 11 is 0. The first-order valence-electron chi connectivity index (χ1n) is 5.96. The van der Waals surface area contributed by atoms with E-state index < -0.39 is 5.60 Å². The molecule has 1 aliphatic heterocycles. The smallest absolute Gasteiger partial charge is 0.311 e. The minimum atomic E-state index is -0.489. The van der Waals surface area contributed by atoms with Crippen molar-refractivity contribution in [3.63, 3.8) is 0 Å². The Morgan fingerprint density at radius 1 is 1.59 bits per heavy atom. The van der Waals surface area contributed by atoms with Crippen LogP contribution in [0.5, 0.6) is 0 Å². The number of amides is 1. The molecule has 17 heavy (non-hydrogen) atoms. The Kier molecular flexibility index (Phi) is 4.32. The van der Waals surface area contributed by atoms with E-state index in [2.05, 4.69) is 11.9 Å². The molecule has 1 aliphatic rings. The topological polar surface area (TPSA) is 55.4 Å². The van der Waals surface area contributed by atoms with Crippen molar-refractivity contribution in [2.24, 2.45) is 5.92 Å². The zero-order valence-electron chi connectivity index (χ0n) is 10.8. The van der Waals surface area contributed by atoms with Crippen molar-refractivity contribution >= 4 is 11.9 Å². The van der Waals surface area contributed by atoms with Crippen LogP contribution in [0.25, 0.3) is 0 Å². The second-order valence-corrected chi connectivity index (χ2v) is 5.38. The summed E-state index contributed by atoms with van der Waals surface area (Å²) in [5.74, 6) is -0.495. The van der Waals surface area contributed by atoms with Gasteiger partial charge in [0.2, 0.25) is 5.91 Å². The number of hydrogen-bond donors (Lipinski definition) is 1. The highest BCUT2D eigenvalue weighted by Gasteiger charge is 2.35. The van der Waals surface area contributed by atoms with Crippen LogP contribution in [-0.2, 0) is 14.3 Å². The number of carbonyl (C=O) groups excluding carboxylic acids is 2. The molecule has 1 rings (SSSR count). The largest absolute Gasteiger partial charge is 0.460 e. The van der Waals surface area contributed by atoms with Crippen LogP contribution in [0.3, 0.4) is 0 Å². The van der Waals surface area contributed by atoms with Crippen molar-refractivity contribution in [1.82, 2.24) is 5.32 Å². The van der Waals surface area contributed by atoms with Gasteiger partial charge in [0.1, 0.15) is 5.60 Å². The maximum Gasteiger partial charge on any atom is 0.311 e. The van der Waals surface area contributed by atoms with Crippen LogP contribution in [0.2, 0.25) is 0 Å². The Bertz CT molecular complexity index is 317. The molecule has 0 aliphatic carbocycles. The molecule has 96 valence electrons. The summed E-state index contributed by atoms with van der Waals surface area (Å²) in [6.07, 6.45) is 3.25. The van der Waals surface area contributed by atoms with Crippen LogP contribution in [0.4, 0.5) is 0 Å². The summed E-state index contributed by atoms with van der Waals surface area (Å²) in [6.45, 7) is 9.17. The van der Waals surface area contributed by atoms with E-state index in [-0.39, 0.29) is 23.8 Å². The lowest BCUT2D eigenvalue weighted by Crippen LogP contribution is -2.48. The first kappa shape index (κ1) is 13.7. The zero-order valence-corrected chi connectivity index (χ0v) is 10.8.